The molecular weight excluding hydrogens is 427 g/mol. The highest BCUT2D eigenvalue weighted by molar-refractivity contribution is 14.0. The van der Waals surface area contributed by atoms with Crippen LogP contribution in [0.1, 0.15) is 42.3 Å². The molecule has 2 rings (SSSR count). The van der Waals surface area contributed by atoms with E-state index < -0.39 is 0 Å². The van der Waals surface area contributed by atoms with Crippen LogP contribution < -0.4 is 10.6 Å². The second-order valence-corrected chi connectivity index (χ2v) is 6.88. The highest BCUT2D eigenvalue weighted by atomic mass is 127. The zero-order chi connectivity index (χ0) is 15.1. The molecule has 7 heteroatoms. The lowest BCUT2D eigenvalue weighted by Gasteiger charge is -2.09. The van der Waals surface area contributed by atoms with Crippen LogP contribution in [0.15, 0.2) is 27.9 Å². The Kier molecular flexibility index (Phi) is 8.96. The van der Waals surface area contributed by atoms with Gasteiger partial charge in [0, 0.05) is 22.7 Å². The smallest absolute Gasteiger partial charge is 0.191 e. The lowest BCUT2D eigenvalue weighted by molar-refractivity contribution is 0.810. The number of halogens is 1. The third-order valence-corrected chi connectivity index (χ3v) is 4.89. The number of hydrogen-bond acceptors (Lipinski definition) is 4. The summed E-state index contributed by atoms with van der Waals surface area (Å²) in [6.07, 6.45) is 0. The van der Waals surface area contributed by atoms with E-state index in [-0.39, 0.29) is 24.0 Å². The predicted molar refractivity (Wildman–Crippen MR) is 108 cm³/mol. The van der Waals surface area contributed by atoms with Crippen molar-refractivity contribution in [2.75, 3.05) is 6.54 Å². The van der Waals surface area contributed by atoms with Crippen molar-refractivity contribution in [3.05, 3.63) is 38.5 Å². The van der Waals surface area contributed by atoms with E-state index in [4.69, 9.17) is 0 Å². The number of rotatable bonds is 6. The molecule has 0 unspecified atom stereocenters. The molecule has 2 heterocycles. The Balaban J connectivity index is 0.00000242. The topological polar surface area (TPSA) is 49.3 Å². The standard InChI is InChI=1S/C15H22N4S2.HI/c1-4-16-15(18-9-13-6-5-7-20-13)17-8-12-10-21-14(19-12)11(2)3;/h5-7,10-11H,4,8-9H2,1-3H3,(H2,16,17,18);1H. The van der Waals surface area contributed by atoms with Gasteiger partial charge in [0.25, 0.3) is 0 Å². The maximum absolute atomic E-state index is 4.61. The average molecular weight is 450 g/mol. The van der Waals surface area contributed by atoms with Crippen molar-refractivity contribution in [2.45, 2.75) is 39.8 Å². The second-order valence-electron chi connectivity index (χ2n) is 4.96. The van der Waals surface area contributed by atoms with Gasteiger partial charge in [0.2, 0.25) is 0 Å². The van der Waals surface area contributed by atoms with Crippen molar-refractivity contribution >= 4 is 52.6 Å². The van der Waals surface area contributed by atoms with Gasteiger partial charge in [0.05, 0.1) is 23.8 Å². The number of nitrogens with one attached hydrogen (secondary N) is 2. The zero-order valence-electron chi connectivity index (χ0n) is 13.1. The van der Waals surface area contributed by atoms with Gasteiger partial charge >= 0.3 is 0 Å². The summed E-state index contributed by atoms with van der Waals surface area (Å²) in [4.78, 5) is 10.5. The highest BCUT2D eigenvalue weighted by Gasteiger charge is 2.06. The van der Waals surface area contributed by atoms with Crippen LogP contribution in [0.25, 0.3) is 0 Å². The molecule has 0 saturated carbocycles. The fourth-order valence-electron chi connectivity index (χ4n) is 1.75. The van der Waals surface area contributed by atoms with Crippen LogP contribution in [0.2, 0.25) is 0 Å². The Bertz CT molecular complexity index is 564. The molecular formula is C15H23IN4S2. The first-order valence-electron chi connectivity index (χ1n) is 7.18. The number of nitrogens with zero attached hydrogens (tertiary/aromatic N) is 2. The Hall–Kier alpha value is -0.670. The Morgan fingerprint density at radius 3 is 2.73 bits per heavy atom. The molecule has 2 aromatic heterocycles. The number of thiophene rings is 1. The van der Waals surface area contributed by atoms with E-state index in [0.29, 0.717) is 12.5 Å². The highest BCUT2D eigenvalue weighted by Crippen LogP contribution is 2.19. The Morgan fingerprint density at radius 2 is 2.14 bits per heavy atom. The van der Waals surface area contributed by atoms with E-state index in [2.05, 4.69) is 64.3 Å². The van der Waals surface area contributed by atoms with Gasteiger partial charge in [0.1, 0.15) is 0 Å². The number of guanidine groups is 1. The first-order valence-corrected chi connectivity index (χ1v) is 8.93. The van der Waals surface area contributed by atoms with Gasteiger partial charge in [0.15, 0.2) is 5.96 Å². The lowest BCUT2D eigenvalue weighted by atomic mass is 10.2. The average Bonchev–Trinajstić information content (AvgIpc) is 3.13. The fraction of sp³-hybridized carbons (Fsp3) is 0.467. The first-order chi connectivity index (χ1) is 10.2. The summed E-state index contributed by atoms with van der Waals surface area (Å²) < 4.78 is 0. The van der Waals surface area contributed by atoms with Crippen LogP contribution in [0, 0.1) is 0 Å². The van der Waals surface area contributed by atoms with Crippen LogP contribution in [0.5, 0.6) is 0 Å². The second kappa shape index (κ2) is 10.2. The molecule has 2 N–H and O–H groups in total. The number of hydrogen-bond donors (Lipinski definition) is 2. The van der Waals surface area contributed by atoms with E-state index in [1.807, 2.05) is 0 Å². The summed E-state index contributed by atoms with van der Waals surface area (Å²) in [7, 11) is 0. The summed E-state index contributed by atoms with van der Waals surface area (Å²) >= 11 is 3.46. The van der Waals surface area contributed by atoms with Crippen LogP contribution in [0.4, 0.5) is 0 Å². The van der Waals surface area contributed by atoms with E-state index >= 15 is 0 Å². The molecule has 0 amide bonds. The molecule has 0 aliphatic carbocycles. The van der Waals surface area contributed by atoms with Gasteiger partial charge in [-0.1, -0.05) is 19.9 Å². The van der Waals surface area contributed by atoms with Crippen molar-refractivity contribution in [3.63, 3.8) is 0 Å². The first kappa shape index (κ1) is 19.4. The van der Waals surface area contributed by atoms with Crippen LogP contribution >= 0.6 is 46.7 Å². The van der Waals surface area contributed by atoms with Gasteiger partial charge < -0.3 is 10.6 Å². The Morgan fingerprint density at radius 1 is 1.32 bits per heavy atom. The van der Waals surface area contributed by atoms with E-state index in [1.165, 1.54) is 9.88 Å². The van der Waals surface area contributed by atoms with Gasteiger partial charge in [-0.3, -0.25) is 0 Å². The molecule has 4 nitrogen and oxygen atoms in total. The van der Waals surface area contributed by atoms with Crippen LogP contribution in [0.3, 0.4) is 0 Å². The maximum atomic E-state index is 4.61. The Labute approximate surface area is 157 Å². The summed E-state index contributed by atoms with van der Waals surface area (Å²) in [5.74, 6) is 1.32. The van der Waals surface area contributed by atoms with Gasteiger partial charge in [-0.15, -0.1) is 46.7 Å². The van der Waals surface area contributed by atoms with Gasteiger partial charge in [-0.25, -0.2) is 9.98 Å². The molecule has 122 valence electrons. The molecule has 22 heavy (non-hydrogen) atoms. The third-order valence-electron chi connectivity index (χ3n) is 2.82. The number of thiazole rings is 1. The molecule has 0 bridgehead atoms. The molecule has 0 aromatic carbocycles. The minimum atomic E-state index is 0. The monoisotopic (exact) mass is 450 g/mol. The summed E-state index contributed by atoms with van der Waals surface area (Å²) in [5, 5.41) is 12.0. The van der Waals surface area contributed by atoms with Crippen molar-refractivity contribution in [3.8, 4) is 0 Å². The molecule has 0 saturated heterocycles. The molecule has 0 radical (unpaired) electrons. The molecule has 2 aromatic rings. The SMILES string of the molecule is CCNC(=NCc1csc(C(C)C)n1)NCc1cccs1.I. The van der Waals surface area contributed by atoms with Crippen molar-refractivity contribution in [2.24, 2.45) is 4.99 Å². The molecule has 0 fully saturated rings. The fourth-order valence-corrected chi connectivity index (χ4v) is 3.22. The zero-order valence-corrected chi connectivity index (χ0v) is 17.1. The van der Waals surface area contributed by atoms with Crippen LogP contribution in [-0.2, 0) is 13.1 Å². The van der Waals surface area contributed by atoms with E-state index in [1.54, 1.807) is 22.7 Å². The lowest BCUT2D eigenvalue weighted by Crippen LogP contribution is -2.36. The van der Waals surface area contributed by atoms with Gasteiger partial charge in [-0.2, -0.15) is 0 Å². The van der Waals surface area contributed by atoms with Crippen molar-refractivity contribution in [1.29, 1.82) is 0 Å². The minimum Gasteiger partial charge on any atom is -0.357 e. The predicted octanol–water partition coefficient (Wildman–Crippen LogP) is 4.20. The van der Waals surface area contributed by atoms with Crippen LogP contribution in [-0.4, -0.2) is 17.5 Å². The summed E-state index contributed by atoms with van der Waals surface area (Å²) in [6, 6.07) is 4.19. The van der Waals surface area contributed by atoms with Crippen molar-refractivity contribution < 1.29 is 0 Å². The summed E-state index contributed by atoms with van der Waals surface area (Å²) in [5.41, 5.74) is 1.04. The third kappa shape index (κ3) is 6.21. The minimum absolute atomic E-state index is 0. The summed E-state index contributed by atoms with van der Waals surface area (Å²) in [6.45, 7) is 8.67. The van der Waals surface area contributed by atoms with E-state index in [9.17, 15) is 0 Å². The van der Waals surface area contributed by atoms with Crippen molar-refractivity contribution in [1.82, 2.24) is 15.6 Å². The molecule has 0 aliphatic rings. The number of aliphatic imine (C=N–C) groups is 1. The van der Waals surface area contributed by atoms with Gasteiger partial charge in [-0.05, 0) is 18.4 Å². The molecule has 0 aliphatic heterocycles. The number of aromatic nitrogens is 1. The quantitative estimate of drug-likeness (QED) is 0.394. The normalized spacial score (nSPS) is 11.4. The maximum Gasteiger partial charge on any atom is 0.191 e. The molecule has 0 atom stereocenters. The molecule has 0 spiro atoms. The van der Waals surface area contributed by atoms with E-state index in [0.717, 1.165) is 24.7 Å². The largest absolute Gasteiger partial charge is 0.357 e.